The van der Waals surface area contributed by atoms with Crippen molar-refractivity contribution in [3.8, 4) is 0 Å². The predicted octanol–water partition coefficient (Wildman–Crippen LogP) is 0.345. The summed E-state index contributed by atoms with van der Waals surface area (Å²) in [5.41, 5.74) is -0.268. The molecule has 0 aliphatic carbocycles. The van der Waals surface area contributed by atoms with E-state index in [9.17, 15) is 0 Å². The van der Waals surface area contributed by atoms with Gasteiger partial charge in [-0.05, 0) is 0 Å². The maximum Gasteiger partial charge on any atom is 0.145 e. The molecule has 0 aromatic rings. The standard InChI is InChI=1S/C7H18O2Si/c1-6(2,3)7(10,8-4)9-5/h1-5,10H3. The van der Waals surface area contributed by atoms with Gasteiger partial charge in [-0.15, -0.1) is 0 Å². The molecule has 0 aliphatic rings. The maximum absolute atomic E-state index is 5.29. The summed E-state index contributed by atoms with van der Waals surface area (Å²) in [5.74, 6) is 0. The quantitative estimate of drug-likeness (QED) is 0.431. The van der Waals surface area contributed by atoms with E-state index in [2.05, 4.69) is 20.8 Å². The minimum absolute atomic E-state index is 0.0721. The minimum Gasteiger partial charge on any atom is -0.358 e. The second-order valence-electron chi connectivity index (χ2n) is 3.60. The van der Waals surface area contributed by atoms with Crippen LogP contribution >= 0.6 is 0 Å². The van der Waals surface area contributed by atoms with E-state index in [0.717, 1.165) is 10.2 Å². The lowest BCUT2D eigenvalue weighted by Crippen LogP contribution is -2.46. The molecule has 0 bridgehead atoms. The molecule has 0 radical (unpaired) electrons. The molecular formula is C7H18O2Si. The van der Waals surface area contributed by atoms with Gasteiger partial charge in [0.2, 0.25) is 0 Å². The highest BCUT2D eigenvalue weighted by molar-refractivity contribution is 6.13. The van der Waals surface area contributed by atoms with Gasteiger partial charge in [0.05, 0.1) is 10.2 Å². The van der Waals surface area contributed by atoms with Crippen molar-refractivity contribution in [2.24, 2.45) is 5.41 Å². The number of hydrogen-bond acceptors (Lipinski definition) is 2. The third-order valence-corrected chi connectivity index (χ3v) is 4.46. The van der Waals surface area contributed by atoms with Gasteiger partial charge in [0, 0.05) is 19.6 Å². The molecule has 0 saturated heterocycles. The predicted molar refractivity (Wildman–Crippen MR) is 46.1 cm³/mol. The summed E-state index contributed by atoms with van der Waals surface area (Å²) in [6, 6.07) is 0. The maximum atomic E-state index is 5.29. The first-order valence-electron chi connectivity index (χ1n) is 3.47. The van der Waals surface area contributed by atoms with Crippen LogP contribution in [0, 0.1) is 5.41 Å². The molecule has 0 rings (SSSR count). The monoisotopic (exact) mass is 162 g/mol. The van der Waals surface area contributed by atoms with Crippen LogP contribution in [-0.4, -0.2) is 29.9 Å². The van der Waals surface area contributed by atoms with Crippen LogP contribution in [0.5, 0.6) is 0 Å². The molecule has 0 fully saturated rings. The van der Waals surface area contributed by atoms with E-state index in [1.165, 1.54) is 0 Å². The molecule has 0 spiro atoms. The van der Waals surface area contributed by atoms with E-state index >= 15 is 0 Å². The van der Waals surface area contributed by atoms with Crippen molar-refractivity contribution >= 4 is 10.2 Å². The van der Waals surface area contributed by atoms with Crippen molar-refractivity contribution in [2.45, 2.75) is 26.2 Å². The van der Waals surface area contributed by atoms with Gasteiger partial charge in [-0.1, -0.05) is 20.8 Å². The second-order valence-corrected chi connectivity index (χ2v) is 4.92. The molecule has 0 aromatic carbocycles. The van der Waals surface area contributed by atoms with Crippen LogP contribution in [0.25, 0.3) is 0 Å². The first-order valence-corrected chi connectivity index (χ1v) is 4.47. The molecule has 0 N–H and O–H groups in total. The number of methoxy groups -OCH3 is 2. The van der Waals surface area contributed by atoms with E-state index in [4.69, 9.17) is 9.47 Å². The Morgan fingerprint density at radius 1 is 1.00 bits per heavy atom. The van der Waals surface area contributed by atoms with Crippen LogP contribution in [0.15, 0.2) is 0 Å². The summed E-state index contributed by atoms with van der Waals surface area (Å²) in [7, 11) is 4.28. The zero-order valence-corrected chi connectivity index (χ0v) is 9.82. The van der Waals surface area contributed by atoms with Crippen molar-refractivity contribution in [1.29, 1.82) is 0 Å². The van der Waals surface area contributed by atoms with Crippen LogP contribution in [0.2, 0.25) is 0 Å². The number of hydrogen-bond donors (Lipinski definition) is 0. The molecule has 0 aliphatic heterocycles. The zero-order chi connectivity index (χ0) is 8.41. The molecule has 2 nitrogen and oxygen atoms in total. The Labute approximate surface area is 66.3 Å². The van der Waals surface area contributed by atoms with Gasteiger partial charge < -0.3 is 9.47 Å². The first-order chi connectivity index (χ1) is 4.37. The van der Waals surface area contributed by atoms with Crippen LogP contribution in [0.4, 0.5) is 0 Å². The largest absolute Gasteiger partial charge is 0.358 e. The highest BCUT2D eigenvalue weighted by Gasteiger charge is 2.36. The zero-order valence-electron chi connectivity index (χ0n) is 7.82. The summed E-state index contributed by atoms with van der Waals surface area (Å²) >= 11 is 0. The van der Waals surface area contributed by atoms with Crippen molar-refractivity contribution < 1.29 is 9.47 Å². The van der Waals surface area contributed by atoms with Crippen molar-refractivity contribution in [1.82, 2.24) is 0 Å². The van der Waals surface area contributed by atoms with Gasteiger partial charge in [-0.3, -0.25) is 0 Å². The highest BCUT2D eigenvalue weighted by Crippen LogP contribution is 2.30. The van der Waals surface area contributed by atoms with Crippen molar-refractivity contribution in [2.75, 3.05) is 14.2 Å². The van der Waals surface area contributed by atoms with Gasteiger partial charge in [-0.2, -0.15) is 0 Å². The van der Waals surface area contributed by atoms with E-state index in [1.54, 1.807) is 14.2 Å². The van der Waals surface area contributed by atoms with Gasteiger partial charge in [0.1, 0.15) is 5.41 Å². The molecule has 0 heterocycles. The lowest BCUT2D eigenvalue weighted by atomic mass is 9.95. The summed E-state index contributed by atoms with van der Waals surface area (Å²) in [5, 5.41) is 0. The fraction of sp³-hybridized carbons (Fsp3) is 1.00. The van der Waals surface area contributed by atoms with E-state index in [0.29, 0.717) is 0 Å². The summed E-state index contributed by atoms with van der Waals surface area (Å²) in [6.45, 7) is 6.35. The Balaban J connectivity index is 4.33. The molecule has 0 amide bonds. The van der Waals surface area contributed by atoms with Crippen LogP contribution < -0.4 is 0 Å². The van der Waals surface area contributed by atoms with E-state index in [-0.39, 0.29) is 10.8 Å². The average Bonchev–Trinajstić information content (AvgIpc) is 1.84. The van der Waals surface area contributed by atoms with E-state index in [1.807, 2.05) is 0 Å². The van der Waals surface area contributed by atoms with Crippen LogP contribution in [0.3, 0.4) is 0 Å². The van der Waals surface area contributed by atoms with Gasteiger partial charge in [0.15, 0.2) is 0 Å². The van der Waals surface area contributed by atoms with Gasteiger partial charge in [0.25, 0.3) is 0 Å². The fourth-order valence-electron chi connectivity index (χ4n) is 0.696. The fourth-order valence-corrected chi connectivity index (χ4v) is 0.696. The smallest absolute Gasteiger partial charge is 0.145 e. The average molecular weight is 162 g/mol. The molecule has 0 unspecified atom stereocenters. The van der Waals surface area contributed by atoms with Crippen molar-refractivity contribution in [3.63, 3.8) is 0 Å². The molecule has 0 atom stereocenters. The Kier molecular flexibility index (Phi) is 3.07. The van der Waals surface area contributed by atoms with Gasteiger partial charge >= 0.3 is 0 Å². The summed E-state index contributed by atoms with van der Waals surface area (Å²) in [4.78, 5) is 0. The minimum atomic E-state index is -0.340. The summed E-state index contributed by atoms with van der Waals surface area (Å²) in [6.07, 6.45) is 0. The number of ether oxygens (including phenoxy) is 2. The Hall–Kier alpha value is 0.137. The Bertz CT molecular complexity index is 103. The molecule has 10 heavy (non-hydrogen) atoms. The third kappa shape index (κ3) is 1.81. The second kappa shape index (κ2) is 3.03. The van der Waals surface area contributed by atoms with Gasteiger partial charge in [-0.25, -0.2) is 0 Å². The SMILES string of the molecule is COC([SiH3])(OC)C(C)(C)C. The Morgan fingerprint density at radius 2 is 1.30 bits per heavy atom. The van der Waals surface area contributed by atoms with Crippen LogP contribution in [0.1, 0.15) is 20.8 Å². The highest BCUT2D eigenvalue weighted by atomic mass is 28.1. The summed E-state index contributed by atoms with van der Waals surface area (Å²) < 4.78 is 10.6. The normalized spacial score (nSPS) is 14.1. The van der Waals surface area contributed by atoms with Crippen molar-refractivity contribution in [3.05, 3.63) is 0 Å². The molecule has 0 aromatic heterocycles. The lowest BCUT2D eigenvalue weighted by molar-refractivity contribution is -0.201. The molecule has 62 valence electrons. The first kappa shape index (κ1) is 10.1. The molecule has 0 saturated carbocycles. The lowest BCUT2D eigenvalue weighted by Gasteiger charge is -2.39. The third-order valence-electron chi connectivity index (χ3n) is 2.14. The van der Waals surface area contributed by atoms with Crippen LogP contribution in [-0.2, 0) is 9.47 Å². The molecular weight excluding hydrogens is 144 g/mol. The topological polar surface area (TPSA) is 18.5 Å². The Morgan fingerprint density at radius 3 is 1.30 bits per heavy atom. The van der Waals surface area contributed by atoms with E-state index < -0.39 is 0 Å². The molecule has 3 heteroatoms. The number of rotatable bonds is 2.